The Balaban J connectivity index is 1.61. The van der Waals surface area contributed by atoms with Crippen LogP contribution in [0.3, 0.4) is 0 Å². The molecule has 0 aliphatic carbocycles. The zero-order valence-electron chi connectivity index (χ0n) is 14.3. The average molecular weight is 340 g/mol. The van der Waals surface area contributed by atoms with Crippen LogP contribution in [0.5, 0.6) is 0 Å². The number of amides is 1. The van der Waals surface area contributed by atoms with Crippen LogP contribution in [0.25, 0.3) is 10.9 Å². The van der Waals surface area contributed by atoms with Crippen LogP contribution in [0.2, 0.25) is 0 Å². The van der Waals surface area contributed by atoms with Gasteiger partial charge in [0.1, 0.15) is 6.04 Å². The number of fused-ring (bicyclic) bond motifs is 1. The predicted molar refractivity (Wildman–Crippen MR) is 91.0 cm³/mol. The van der Waals surface area contributed by atoms with E-state index in [1.54, 1.807) is 11.8 Å². The molecule has 2 aromatic heterocycles. The van der Waals surface area contributed by atoms with Gasteiger partial charge < -0.3 is 19.0 Å². The minimum absolute atomic E-state index is 0.0389. The number of carbonyl (C=O) groups is 1. The second-order valence-corrected chi connectivity index (χ2v) is 6.29. The number of morpholine rings is 1. The maximum atomic E-state index is 13.0. The molecule has 3 heterocycles. The Morgan fingerprint density at radius 2 is 2.16 bits per heavy atom. The van der Waals surface area contributed by atoms with Crippen molar-refractivity contribution < 1.29 is 13.9 Å². The molecule has 0 radical (unpaired) electrons. The number of nitrogens with one attached hydrogen (secondary N) is 1. The third kappa shape index (κ3) is 2.91. The summed E-state index contributed by atoms with van der Waals surface area (Å²) in [6.45, 7) is 5.15. The maximum absolute atomic E-state index is 13.0. The first-order valence-electron chi connectivity index (χ1n) is 8.37. The summed E-state index contributed by atoms with van der Waals surface area (Å²) in [4.78, 5) is 18.2. The average Bonchev–Trinajstić information content (AvgIpc) is 3.19. The molecule has 7 heteroatoms. The molecule has 1 aromatic carbocycles. The molecular formula is C18H20N4O3. The summed E-state index contributed by atoms with van der Waals surface area (Å²) < 4.78 is 11.1. The van der Waals surface area contributed by atoms with E-state index in [0.29, 0.717) is 38.0 Å². The number of para-hydroxylation sites is 1. The maximum Gasteiger partial charge on any atom is 0.241 e. The Bertz CT molecular complexity index is 914. The van der Waals surface area contributed by atoms with Crippen LogP contribution in [-0.4, -0.2) is 45.7 Å². The van der Waals surface area contributed by atoms with Gasteiger partial charge in [0.2, 0.25) is 17.7 Å². The van der Waals surface area contributed by atoms with E-state index < -0.39 is 0 Å². The minimum atomic E-state index is -0.326. The van der Waals surface area contributed by atoms with Crippen LogP contribution in [-0.2, 0) is 16.0 Å². The zero-order valence-corrected chi connectivity index (χ0v) is 14.3. The van der Waals surface area contributed by atoms with Gasteiger partial charge in [0.05, 0.1) is 19.6 Å². The molecule has 0 spiro atoms. The molecule has 0 unspecified atom stereocenters. The molecule has 1 N–H and O–H groups in total. The second kappa shape index (κ2) is 6.33. The molecular weight excluding hydrogens is 320 g/mol. The second-order valence-electron chi connectivity index (χ2n) is 6.29. The van der Waals surface area contributed by atoms with Crippen molar-refractivity contribution in [2.45, 2.75) is 26.3 Å². The van der Waals surface area contributed by atoms with Crippen LogP contribution in [0.15, 0.2) is 28.7 Å². The standard InChI is InChI=1S/C18H20N4O3/c1-11-14(13-5-3-4-6-15(13)19-11)9-17(23)22-7-8-24-10-16(22)18-21-20-12(2)25-18/h3-6,16,19H,7-10H2,1-2H3/t16-/m0/s1. The molecule has 0 bridgehead atoms. The van der Waals surface area contributed by atoms with Crippen molar-refractivity contribution >= 4 is 16.8 Å². The van der Waals surface area contributed by atoms with E-state index in [9.17, 15) is 4.79 Å². The number of H-pyrrole nitrogens is 1. The number of aromatic amines is 1. The Labute approximate surface area is 145 Å². The number of benzene rings is 1. The predicted octanol–water partition coefficient (Wildman–Crippen LogP) is 2.31. The molecule has 1 fully saturated rings. The van der Waals surface area contributed by atoms with Crippen molar-refractivity contribution in [3.05, 3.63) is 47.3 Å². The number of nitrogens with zero attached hydrogens (tertiary/aromatic N) is 3. The summed E-state index contributed by atoms with van der Waals surface area (Å²) in [6.07, 6.45) is 0.333. The molecule has 25 heavy (non-hydrogen) atoms. The molecule has 1 aliphatic heterocycles. The summed E-state index contributed by atoms with van der Waals surface area (Å²) in [5.74, 6) is 0.957. The smallest absolute Gasteiger partial charge is 0.241 e. The lowest BCUT2D eigenvalue weighted by Crippen LogP contribution is -2.44. The Morgan fingerprint density at radius 1 is 1.32 bits per heavy atom. The lowest BCUT2D eigenvalue weighted by molar-refractivity contribution is -0.140. The van der Waals surface area contributed by atoms with E-state index >= 15 is 0 Å². The van der Waals surface area contributed by atoms with Crippen molar-refractivity contribution in [1.82, 2.24) is 20.1 Å². The molecule has 1 atom stereocenters. The highest BCUT2D eigenvalue weighted by molar-refractivity contribution is 5.90. The van der Waals surface area contributed by atoms with Crippen molar-refractivity contribution in [1.29, 1.82) is 0 Å². The Morgan fingerprint density at radius 3 is 2.96 bits per heavy atom. The Kier molecular flexibility index (Phi) is 4.01. The Hall–Kier alpha value is -2.67. The van der Waals surface area contributed by atoms with Crippen LogP contribution in [0.4, 0.5) is 0 Å². The molecule has 0 saturated carbocycles. The van der Waals surface area contributed by atoms with E-state index in [2.05, 4.69) is 15.2 Å². The van der Waals surface area contributed by atoms with Crippen LogP contribution in [0.1, 0.15) is 29.1 Å². The molecule has 3 aromatic rings. The van der Waals surface area contributed by atoms with Crippen molar-refractivity contribution in [2.24, 2.45) is 0 Å². The third-order valence-electron chi connectivity index (χ3n) is 4.63. The number of hydrogen-bond donors (Lipinski definition) is 1. The summed E-state index contributed by atoms with van der Waals surface area (Å²) in [5, 5.41) is 9.03. The van der Waals surface area contributed by atoms with Gasteiger partial charge in [0.15, 0.2) is 0 Å². The normalized spacial score (nSPS) is 18.0. The zero-order chi connectivity index (χ0) is 17.4. The number of aryl methyl sites for hydroxylation is 2. The molecule has 4 rings (SSSR count). The number of aromatic nitrogens is 3. The van der Waals surface area contributed by atoms with E-state index in [0.717, 1.165) is 22.2 Å². The molecule has 1 aliphatic rings. The van der Waals surface area contributed by atoms with Gasteiger partial charge in [-0.2, -0.15) is 0 Å². The number of carbonyl (C=O) groups excluding carboxylic acids is 1. The first kappa shape index (κ1) is 15.8. The first-order valence-corrected chi connectivity index (χ1v) is 8.37. The fourth-order valence-corrected chi connectivity index (χ4v) is 3.37. The highest BCUT2D eigenvalue weighted by Gasteiger charge is 2.32. The van der Waals surface area contributed by atoms with Gasteiger partial charge in [-0.3, -0.25) is 4.79 Å². The highest BCUT2D eigenvalue weighted by atomic mass is 16.5. The van der Waals surface area contributed by atoms with Gasteiger partial charge in [0.25, 0.3) is 0 Å². The van der Waals surface area contributed by atoms with E-state index in [1.807, 2.05) is 31.2 Å². The number of rotatable bonds is 3. The molecule has 7 nitrogen and oxygen atoms in total. The topological polar surface area (TPSA) is 84.3 Å². The van der Waals surface area contributed by atoms with Gasteiger partial charge in [-0.15, -0.1) is 10.2 Å². The van der Waals surface area contributed by atoms with E-state index in [4.69, 9.17) is 9.15 Å². The van der Waals surface area contributed by atoms with Crippen molar-refractivity contribution in [2.75, 3.05) is 19.8 Å². The number of ether oxygens (including phenoxy) is 1. The summed E-state index contributed by atoms with van der Waals surface area (Å²) in [5.41, 5.74) is 3.11. The number of hydrogen-bond acceptors (Lipinski definition) is 5. The van der Waals surface area contributed by atoms with Gasteiger partial charge in [0, 0.05) is 30.1 Å². The summed E-state index contributed by atoms with van der Waals surface area (Å²) in [6, 6.07) is 7.71. The van der Waals surface area contributed by atoms with Gasteiger partial charge >= 0.3 is 0 Å². The van der Waals surface area contributed by atoms with E-state index in [-0.39, 0.29) is 11.9 Å². The summed E-state index contributed by atoms with van der Waals surface area (Å²) in [7, 11) is 0. The molecule has 1 amide bonds. The van der Waals surface area contributed by atoms with Crippen LogP contribution >= 0.6 is 0 Å². The van der Waals surface area contributed by atoms with Crippen molar-refractivity contribution in [3.8, 4) is 0 Å². The van der Waals surface area contributed by atoms with Crippen LogP contribution < -0.4 is 0 Å². The lowest BCUT2D eigenvalue weighted by atomic mass is 10.1. The largest absolute Gasteiger partial charge is 0.423 e. The molecule has 1 saturated heterocycles. The van der Waals surface area contributed by atoms with E-state index in [1.165, 1.54) is 0 Å². The molecule has 130 valence electrons. The van der Waals surface area contributed by atoms with Crippen molar-refractivity contribution in [3.63, 3.8) is 0 Å². The highest BCUT2D eigenvalue weighted by Crippen LogP contribution is 2.27. The minimum Gasteiger partial charge on any atom is -0.423 e. The third-order valence-corrected chi connectivity index (χ3v) is 4.63. The monoisotopic (exact) mass is 340 g/mol. The SMILES string of the molecule is Cc1nnc([C@@H]2COCCN2C(=O)Cc2c(C)[nH]c3ccccc23)o1. The fourth-order valence-electron chi connectivity index (χ4n) is 3.37. The summed E-state index contributed by atoms with van der Waals surface area (Å²) >= 11 is 0. The van der Waals surface area contributed by atoms with Crippen LogP contribution in [0, 0.1) is 13.8 Å². The quantitative estimate of drug-likeness (QED) is 0.791. The first-order chi connectivity index (χ1) is 12.1. The van der Waals surface area contributed by atoms with Gasteiger partial charge in [-0.1, -0.05) is 18.2 Å². The van der Waals surface area contributed by atoms with Gasteiger partial charge in [-0.25, -0.2) is 0 Å². The fraction of sp³-hybridized carbons (Fsp3) is 0.389. The lowest BCUT2D eigenvalue weighted by Gasteiger charge is -2.33. The van der Waals surface area contributed by atoms with Gasteiger partial charge in [-0.05, 0) is 18.6 Å².